The highest BCUT2D eigenvalue weighted by Gasteiger charge is 2.38. The first-order valence-electron chi connectivity index (χ1n) is 10.8. The molecule has 2 aliphatic rings. The van der Waals surface area contributed by atoms with E-state index in [1.807, 2.05) is 47.4 Å². The first kappa shape index (κ1) is 21.2. The minimum Gasteiger partial charge on any atom is -0.491 e. The Kier molecular flexibility index (Phi) is 6.42. The molecule has 2 N–H and O–H groups in total. The summed E-state index contributed by atoms with van der Waals surface area (Å²) in [6, 6.07) is 16.1. The molecule has 0 unspecified atom stereocenters. The SMILES string of the molecule is CN1CCC[C@H](N)C(=O)N2C[C@@H](Oc3ccccc3)C[C@H]2COc2cccc(c2)C1=O. The molecule has 0 radical (unpaired) electrons. The van der Waals surface area contributed by atoms with Gasteiger partial charge in [-0.1, -0.05) is 24.3 Å². The first-order chi connectivity index (χ1) is 15.0. The van der Waals surface area contributed by atoms with Crippen LogP contribution in [0.1, 0.15) is 29.6 Å². The Morgan fingerprint density at radius 3 is 2.71 bits per heavy atom. The molecule has 1 fully saturated rings. The van der Waals surface area contributed by atoms with Crippen LogP contribution in [0.5, 0.6) is 11.5 Å². The molecule has 2 aliphatic heterocycles. The number of amides is 2. The second-order valence-electron chi connectivity index (χ2n) is 8.25. The monoisotopic (exact) mass is 423 g/mol. The molecule has 0 saturated carbocycles. The van der Waals surface area contributed by atoms with E-state index in [-0.39, 0.29) is 24.0 Å². The van der Waals surface area contributed by atoms with Crippen molar-refractivity contribution in [2.24, 2.45) is 5.73 Å². The molecular formula is C24H29N3O4. The van der Waals surface area contributed by atoms with Gasteiger partial charge < -0.3 is 25.0 Å². The van der Waals surface area contributed by atoms with Gasteiger partial charge in [0.1, 0.15) is 24.2 Å². The van der Waals surface area contributed by atoms with Crippen molar-refractivity contribution in [1.82, 2.24) is 9.80 Å². The summed E-state index contributed by atoms with van der Waals surface area (Å²) >= 11 is 0. The van der Waals surface area contributed by atoms with E-state index >= 15 is 0 Å². The Hall–Kier alpha value is -3.06. The third kappa shape index (κ3) is 4.99. The quantitative estimate of drug-likeness (QED) is 0.801. The van der Waals surface area contributed by atoms with Crippen LogP contribution < -0.4 is 15.2 Å². The van der Waals surface area contributed by atoms with Crippen LogP contribution in [0.2, 0.25) is 0 Å². The zero-order valence-electron chi connectivity index (χ0n) is 17.8. The number of benzene rings is 2. The minimum atomic E-state index is -0.609. The van der Waals surface area contributed by atoms with E-state index in [0.29, 0.717) is 50.3 Å². The number of hydrogen-bond donors (Lipinski definition) is 1. The zero-order chi connectivity index (χ0) is 21.8. The van der Waals surface area contributed by atoms with Crippen LogP contribution in [0, 0.1) is 0 Å². The van der Waals surface area contributed by atoms with Crippen LogP contribution in [-0.2, 0) is 4.79 Å². The summed E-state index contributed by atoms with van der Waals surface area (Å²) < 4.78 is 12.1. The van der Waals surface area contributed by atoms with Gasteiger partial charge in [0.25, 0.3) is 5.91 Å². The lowest BCUT2D eigenvalue weighted by Gasteiger charge is -2.28. The molecule has 7 nitrogen and oxygen atoms in total. The standard InChI is InChI=1S/C24H29N3O4/c1-26-12-6-11-22(25)24(29)27-15-21(31-19-8-3-2-4-9-19)14-18(27)16-30-20-10-5-7-17(13-20)23(26)28/h2-5,7-10,13,18,21-22H,6,11-12,14-16,25H2,1H3/t18-,21-,22-/m0/s1. The zero-order valence-corrected chi connectivity index (χ0v) is 17.8. The van der Waals surface area contributed by atoms with Crippen LogP contribution >= 0.6 is 0 Å². The fraction of sp³-hybridized carbons (Fsp3) is 0.417. The van der Waals surface area contributed by atoms with Crippen LogP contribution in [-0.4, -0.2) is 66.5 Å². The van der Waals surface area contributed by atoms with Crippen LogP contribution in [0.25, 0.3) is 0 Å². The molecule has 31 heavy (non-hydrogen) atoms. The molecule has 2 aromatic rings. The average Bonchev–Trinajstić information content (AvgIpc) is 3.19. The Bertz CT molecular complexity index is 920. The van der Waals surface area contributed by atoms with Crippen molar-refractivity contribution in [2.75, 3.05) is 26.7 Å². The lowest BCUT2D eigenvalue weighted by atomic mass is 10.1. The van der Waals surface area contributed by atoms with Crippen molar-refractivity contribution in [1.29, 1.82) is 0 Å². The van der Waals surface area contributed by atoms with E-state index in [1.165, 1.54) is 0 Å². The number of nitrogens with zero attached hydrogens (tertiary/aromatic N) is 2. The largest absolute Gasteiger partial charge is 0.491 e. The maximum Gasteiger partial charge on any atom is 0.253 e. The van der Waals surface area contributed by atoms with E-state index < -0.39 is 6.04 Å². The number of rotatable bonds is 2. The highest BCUT2D eigenvalue weighted by atomic mass is 16.5. The second-order valence-corrected chi connectivity index (χ2v) is 8.25. The third-order valence-corrected chi connectivity index (χ3v) is 5.90. The Labute approximate surface area is 182 Å². The van der Waals surface area contributed by atoms with E-state index in [9.17, 15) is 9.59 Å². The van der Waals surface area contributed by atoms with E-state index in [1.54, 1.807) is 24.1 Å². The molecule has 2 bridgehead atoms. The van der Waals surface area contributed by atoms with Gasteiger partial charge in [-0.25, -0.2) is 0 Å². The molecule has 2 heterocycles. The van der Waals surface area contributed by atoms with Crippen molar-refractivity contribution >= 4 is 11.8 Å². The number of nitrogens with two attached hydrogens (primary N) is 1. The molecule has 3 atom stereocenters. The lowest BCUT2D eigenvalue weighted by molar-refractivity contribution is -0.134. The summed E-state index contributed by atoms with van der Waals surface area (Å²) in [6.07, 6.45) is 1.72. The molecule has 0 aliphatic carbocycles. The van der Waals surface area contributed by atoms with Crippen molar-refractivity contribution in [3.05, 3.63) is 60.2 Å². The Morgan fingerprint density at radius 1 is 1.10 bits per heavy atom. The molecular weight excluding hydrogens is 394 g/mol. The normalized spacial score (nSPS) is 24.9. The molecule has 1 saturated heterocycles. The number of carbonyl (C=O) groups excluding carboxylic acids is 2. The van der Waals surface area contributed by atoms with Crippen molar-refractivity contribution in [2.45, 2.75) is 37.5 Å². The first-order valence-corrected chi connectivity index (χ1v) is 10.8. The second kappa shape index (κ2) is 9.39. The maximum absolute atomic E-state index is 13.1. The predicted molar refractivity (Wildman–Crippen MR) is 117 cm³/mol. The van der Waals surface area contributed by atoms with E-state index in [2.05, 4.69) is 0 Å². The summed E-state index contributed by atoms with van der Waals surface area (Å²) in [4.78, 5) is 29.3. The van der Waals surface area contributed by atoms with Crippen molar-refractivity contribution < 1.29 is 19.1 Å². The molecule has 4 rings (SSSR count). The fourth-order valence-electron chi connectivity index (χ4n) is 4.20. The molecule has 0 spiro atoms. The van der Waals surface area contributed by atoms with Crippen LogP contribution in [0.3, 0.4) is 0 Å². The highest BCUT2D eigenvalue weighted by molar-refractivity contribution is 5.94. The topological polar surface area (TPSA) is 85.1 Å². The van der Waals surface area contributed by atoms with Gasteiger partial charge in [0.2, 0.25) is 5.91 Å². The highest BCUT2D eigenvalue weighted by Crippen LogP contribution is 2.26. The molecule has 7 heteroatoms. The van der Waals surface area contributed by atoms with Gasteiger partial charge >= 0.3 is 0 Å². The van der Waals surface area contributed by atoms with Gasteiger partial charge in [-0.05, 0) is 43.2 Å². The van der Waals surface area contributed by atoms with Gasteiger partial charge in [0, 0.05) is 25.6 Å². The smallest absolute Gasteiger partial charge is 0.253 e. The van der Waals surface area contributed by atoms with E-state index in [0.717, 1.165) is 5.75 Å². The minimum absolute atomic E-state index is 0.0683. The summed E-state index contributed by atoms with van der Waals surface area (Å²) in [7, 11) is 1.76. The maximum atomic E-state index is 13.1. The summed E-state index contributed by atoms with van der Waals surface area (Å²) in [5.74, 6) is 1.24. The number of ether oxygens (including phenoxy) is 2. The number of hydrogen-bond acceptors (Lipinski definition) is 5. The van der Waals surface area contributed by atoms with Gasteiger partial charge in [0.15, 0.2) is 0 Å². The predicted octanol–water partition coefficient (Wildman–Crippen LogP) is 2.31. The lowest BCUT2D eigenvalue weighted by Crippen LogP contribution is -2.48. The summed E-state index contributed by atoms with van der Waals surface area (Å²) in [5.41, 5.74) is 6.83. The summed E-state index contributed by atoms with van der Waals surface area (Å²) in [6.45, 7) is 1.34. The summed E-state index contributed by atoms with van der Waals surface area (Å²) in [5, 5.41) is 0. The van der Waals surface area contributed by atoms with Gasteiger partial charge in [-0.3, -0.25) is 9.59 Å². The fourth-order valence-corrected chi connectivity index (χ4v) is 4.20. The van der Waals surface area contributed by atoms with Gasteiger partial charge in [-0.2, -0.15) is 0 Å². The molecule has 2 aromatic carbocycles. The van der Waals surface area contributed by atoms with E-state index in [4.69, 9.17) is 15.2 Å². The molecule has 0 aromatic heterocycles. The molecule has 164 valence electrons. The number of carbonyl (C=O) groups is 2. The third-order valence-electron chi connectivity index (χ3n) is 5.90. The van der Waals surface area contributed by atoms with Crippen LogP contribution in [0.15, 0.2) is 54.6 Å². The van der Waals surface area contributed by atoms with Crippen molar-refractivity contribution in [3.8, 4) is 11.5 Å². The number of para-hydroxylation sites is 1. The van der Waals surface area contributed by atoms with Crippen molar-refractivity contribution in [3.63, 3.8) is 0 Å². The molecule has 2 amide bonds. The number of fused-ring (bicyclic) bond motifs is 3. The van der Waals surface area contributed by atoms with Gasteiger partial charge in [0.05, 0.1) is 18.6 Å². The Balaban J connectivity index is 1.54. The average molecular weight is 424 g/mol. The van der Waals surface area contributed by atoms with Gasteiger partial charge in [-0.15, -0.1) is 0 Å². The Morgan fingerprint density at radius 2 is 1.90 bits per heavy atom. The van der Waals surface area contributed by atoms with Crippen LogP contribution in [0.4, 0.5) is 0 Å².